The number of aldehydes is 1. The van der Waals surface area contributed by atoms with Crippen molar-refractivity contribution in [3.05, 3.63) is 35.9 Å². The predicted molar refractivity (Wildman–Crippen MR) is 72.9 cm³/mol. The summed E-state index contributed by atoms with van der Waals surface area (Å²) in [5.41, 5.74) is 1.02. The van der Waals surface area contributed by atoms with Crippen LogP contribution in [0.4, 0.5) is 0 Å². The Kier molecular flexibility index (Phi) is 4.66. The van der Waals surface area contributed by atoms with Crippen molar-refractivity contribution in [2.24, 2.45) is 17.8 Å². The van der Waals surface area contributed by atoms with E-state index in [0.717, 1.165) is 11.8 Å². The van der Waals surface area contributed by atoms with E-state index in [-0.39, 0.29) is 24.7 Å². The molecule has 0 unspecified atom stereocenters. The first-order valence-electron chi connectivity index (χ1n) is 6.86. The molecule has 0 saturated heterocycles. The molecule has 1 aliphatic rings. The minimum absolute atomic E-state index is 0.143. The minimum Gasteiger partial charge on any atom is -0.465 e. The summed E-state index contributed by atoms with van der Waals surface area (Å²) < 4.78 is 4.98. The van der Waals surface area contributed by atoms with Gasteiger partial charge in [0.15, 0.2) is 0 Å². The highest BCUT2D eigenvalue weighted by Gasteiger charge is 2.46. The van der Waals surface area contributed by atoms with Gasteiger partial charge in [0, 0.05) is 12.3 Å². The molecule has 20 heavy (non-hydrogen) atoms. The molecule has 0 radical (unpaired) electrons. The molecule has 1 aromatic rings. The number of Topliss-reactive ketones (excluding diaryl/α,β-unsaturated/α-hetero) is 1. The number of esters is 1. The van der Waals surface area contributed by atoms with Crippen LogP contribution in [0, 0.1) is 17.8 Å². The van der Waals surface area contributed by atoms with Gasteiger partial charge in [-0.1, -0.05) is 30.3 Å². The molecule has 1 fully saturated rings. The normalized spacial score (nSPS) is 25.4. The number of ether oxygens (including phenoxy) is 1. The lowest BCUT2D eigenvalue weighted by Gasteiger charge is -2.19. The van der Waals surface area contributed by atoms with E-state index in [9.17, 15) is 14.4 Å². The van der Waals surface area contributed by atoms with Crippen LogP contribution in [0.1, 0.15) is 18.9 Å². The lowest BCUT2D eigenvalue weighted by Crippen LogP contribution is -2.30. The molecule has 1 saturated carbocycles. The molecule has 1 aliphatic carbocycles. The van der Waals surface area contributed by atoms with Gasteiger partial charge in [0.1, 0.15) is 18.0 Å². The van der Waals surface area contributed by atoms with Gasteiger partial charge in [-0.2, -0.15) is 0 Å². The largest absolute Gasteiger partial charge is 0.465 e. The Morgan fingerprint density at radius 3 is 2.65 bits per heavy atom. The molecule has 0 N–H and O–H groups in total. The summed E-state index contributed by atoms with van der Waals surface area (Å²) >= 11 is 0. The van der Waals surface area contributed by atoms with Gasteiger partial charge in [0.2, 0.25) is 0 Å². The van der Waals surface area contributed by atoms with Gasteiger partial charge in [-0.25, -0.2) is 0 Å². The summed E-state index contributed by atoms with van der Waals surface area (Å²) in [6.07, 6.45) is 1.48. The standard InChI is InChI=1S/C16H18O4/c1-2-20-16(19)15-13(12(10-17)9-14(15)18)8-11-6-4-3-5-7-11/h3-7,10,12-13,15H,2,8-9H2,1H3/t12-,13-,15+/m1/s1. The molecule has 106 valence electrons. The van der Waals surface area contributed by atoms with Crippen molar-refractivity contribution in [2.45, 2.75) is 19.8 Å². The van der Waals surface area contributed by atoms with E-state index in [4.69, 9.17) is 4.74 Å². The molecule has 0 aromatic heterocycles. The van der Waals surface area contributed by atoms with Crippen LogP contribution in [0.15, 0.2) is 30.3 Å². The Morgan fingerprint density at radius 1 is 1.35 bits per heavy atom. The summed E-state index contributed by atoms with van der Waals surface area (Å²) in [6.45, 7) is 1.95. The van der Waals surface area contributed by atoms with Gasteiger partial charge in [-0.15, -0.1) is 0 Å². The van der Waals surface area contributed by atoms with Gasteiger partial charge in [-0.05, 0) is 24.8 Å². The van der Waals surface area contributed by atoms with Crippen LogP contribution < -0.4 is 0 Å². The van der Waals surface area contributed by atoms with E-state index in [0.29, 0.717) is 6.42 Å². The first-order chi connectivity index (χ1) is 9.67. The highest BCUT2D eigenvalue weighted by atomic mass is 16.5. The molecule has 2 rings (SSSR count). The first-order valence-corrected chi connectivity index (χ1v) is 6.86. The van der Waals surface area contributed by atoms with Crippen LogP contribution in [-0.4, -0.2) is 24.6 Å². The average molecular weight is 274 g/mol. The average Bonchev–Trinajstić information content (AvgIpc) is 2.76. The maximum absolute atomic E-state index is 12.0. The van der Waals surface area contributed by atoms with Crippen LogP contribution in [0.3, 0.4) is 0 Å². The molecule has 0 bridgehead atoms. The smallest absolute Gasteiger partial charge is 0.316 e. The van der Waals surface area contributed by atoms with E-state index in [1.807, 2.05) is 30.3 Å². The summed E-state index contributed by atoms with van der Waals surface area (Å²) in [4.78, 5) is 35.1. The second-order valence-electron chi connectivity index (χ2n) is 5.05. The number of hydrogen-bond donors (Lipinski definition) is 0. The monoisotopic (exact) mass is 274 g/mol. The van der Waals surface area contributed by atoms with Crippen molar-refractivity contribution in [2.75, 3.05) is 6.61 Å². The van der Waals surface area contributed by atoms with Crippen LogP contribution in [-0.2, 0) is 25.5 Å². The summed E-state index contributed by atoms with van der Waals surface area (Å²) in [6, 6.07) is 9.59. The summed E-state index contributed by atoms with van der Waals surface area (Å²) in [7, 11) is 0. The lowest BCUT2D eigenvalue weighted by molar-refractivity contribution is -0.152. The molecule has 0 amide bonds. The third-order valence-corrected chi connectivity index (χ3v) is 3.79. The van der Waals surface area contributed by atoms with Crippen molar-refractivity contribution >= 4 is 18.0 Å². The predicted octanol–water partition coefficient (Wildman–Crippen LogP) is 1.81. The van der Waals surface area contributed by atoms with E-state index < -0.39 is 17.8 Å². The molecule has 3 atom stereocenters. The zero-order valence-electron chi connectivity index (χ0n) is 11.5. The van der Waals surface area contributed by atoms with Crippen LogP contribution >= 0.6 is 0 Å². The second-order valence-corrected chi connectivity index (χ2v) is 5.05. The van der Waals surface area contributed by atoms with E-state index in [2.05, 4.69) is 0 Å². The SMILES string of the molecule is CCOC(=O)[C@@H]1C(=O)C[C@H](C=O)[C@H]1Cc1ccccc1. The molecule has 0 spiro atoms. The van der Waals surface area contributed by atoms with E-state index >= 15 is 0 Å². The molecular formula is C16H18O4. The fraction of sp³-hybridized carbons (Fsp3) is 0.438. The Morgan fingerprint density at radius 2 is 2.05 bits per heavy atom. The van der Waals surface area contributed by atoms with Gasteiger partial charge in [-0.3, -0.25) is 9.59 Å². The van der Waals surface area contributed by atoms with Crippen LogP contribution in [0.2, 0.25) is 0 Å². The number of carbonyl (C=O) groups excluding carboxylic acids is 3. The van der Waals surface area contributed by atoms with E-state index in [1.165, 1.54) is 0 Å². The Bertz CT molecular complexity index is 494. The molecule has 1 aromatic carbocycles. The number of ketones is 1. The zero-order chi connectivity index (χ0) is 14.5. The lowest BCUT2D eigenvalue weighted by atomic mass is 9.84. The van der Waals surface area contributed by atoms with Crippen molar-refractivity contribution in [1.82, 2.24) is 0 Å². The van der Waals surface area contributed by atoms with Crippen molar-refractivity contribution in [3.63, 3.8) is 0 Å². The Labute approximate surface area is 118 Å². The van der Waals surface area contributed by atoms with Gasteiger partial charge < -0.3 is 9.53 Å². The number of hydrogen-bond acceptors (Lipinski definition) is 4. The minimum atomic E-state index is -0.801. The summed E-state index contributed by atoms with van der Waals surface area (Å²) in [5, 5.41) is 0. The molecule has 4 heteroatoms. The fourth-order valence-corrected chi connectivity index (χ4v) is 2.84. The first kappa shape index (κ1) is 14.4. The third-order valence-electron chi connectivity index (χ3n) is 3.79. The van der Waals surface area contributed by atoms with Crippen molar-refractivity contribution < 1.29 is 19.1 Å². The molecule has 0 heterocycles. The number of benzene rings is 1. The molecule has 0 aliphatic heterocycles. The quantitative estimate of drug-likeness (QED) is 0.467. The second kappa shape index (κ2) is 6.46. The van der Waals surface area contributed by atoms with Gasteiger partial charge in [0.25, 0.3) is 0 Å². The third kappa shape index (κ3) is 2.95. The summed E-state index contributed by atoms with van der Waals surface area (Å²) in [5.74, 6) is -2.16. The number of carbonyl (C=O) groups is 3. The maximum Gasteiger partial charge on any atom is 0.316 e. The Hall–Kier alpha value is -1.97. The number of rotatable bonds is 5. The molecule has 4 nitrogen and oxygen atoms in total. The highest BCUT2D eigenvalue weighted by Crippen LogP contribution is 2.36. The van der Waals surface area contributed by atoms with Crippen molar-refractivity contribution in [3.8, 4) is 0 Å². The van der Waals surface area contributed by atoms with Gasteiger partial charge in [0.05, 0.1) is 6.61 Å². The zero-order valence-corrected chi connectivity index (χ0v) is 11.5. The van der Waals surface area contributed by atoms with Crippen LogP contribution in [0.5, 0.6) is 0 Å². The van der Waals surface area contributed by atoms with Gasteiger partial charge >= 0.3 is 5.97 Å². The van der Waals surface area contributed by atoms with Crippen molar-refractivity contribution in [1.29, 1.82) is 0 Å². The van der Waals surface area contributed by atoms with Crippen LogP contribution in [0.25, 0.3) is 0 Å². The topological polar surface area (TPSA) is 60.4 Å². The van der Waals surface area contributed by atoms with E-state index in [1.54, 1.807) is 6.92 Å². The Balaban J connectivity index is 2.21. The fourth-order valence-electron chi connectivity index (χ4n) is 2.84. The highest BCUT2D eigenvalue weighted by molar-refractivity contribution is 6.02. The maximum atomic E-state index is 12.0. The molecular weight excluding hydrogens is 256 g/mol.